The lowest BCUT2D eigenvalue weighted by molar-refractivity contribution is -0.137. The molecule has 5 nitrogen and oxygen atoms in total. The van der Waals surface area contributed by atoms with Gasteiger partial charge in [-0.2, -0.15) is 0 Å². The van der Waals surface area contributed by atoms with Crippen LogP contribution in [0.15, 0.2) is 24.3 Å². The first kappa shape index (κ1) is 19.6. The highest BCUT2D eigenvalue weighted by Gasteiger charge is 2.39. The van der Waals surface area contributed by atoms with E-state index in [4.69, 9.17) is 5.11 Å². The fourth-order valence-electron chi connectivity index (χ4n) is 2.82. The van der Waals surface area contributed by atoms with Crippen LogP contribution in [0.1, 0.15) is 51.9 Å². The number of aliphatic hydroxyl groups excluding tert-OH is 2. The number of carboxylic acids is 1. The number of Topliss-reactive ketones (excluding diaryl/α,β-unsaturated/α-hetero) is 1. The summed E-state index contributed by atoms with van der Waals surface area (Å²) in [5, 5.41) is 28.2. The van der Waals surface area contributed by atoms with Crippen molar-refractivity contribution in [2.45, 2.75) is 64.1 Å². The Morgan fingerprint density at radius 2 is 2.09 bits per heavy atom. The molecule has 0 amide bonds. The summed E-state index contributed by atoms with van der Waals surface area (Å²) >= 11 is 0. The van der Waals surface area contributed by atoms with Crippen molar-refractivity contribution in [2.24, 2.45) is 11.8 Å². The van der Waals surface area contributed by atoms with E-state index in [0.717, 1.165) is 12.8 Å². The summed E-state index contributed by atoms with van der Waals surface area (Å²) < 4.78 is 0. The molecule has 1 rings (SSSR count). The molecule has 1 fully saturated rings. The molecule has 0 aromatic rings. The summed E-state index contributed by atoms with van der Waals surface area (Å²) in [6.45, 7) is 1.87. The van der Waals surface area contributed by atoms with E-state index in [0.29, 0.717) is 19.3 Å². The number of unbranched alkanes of at least 4 members (excludes halogenated alkanes) is 2. The summed E-state index contributed by atoms with van der Waals surface area (Å²) in [5.41, 5.74) is 0. The Labute approximate surface area is 137 Å². The highest BCUT2D eigenvalue weighted by Crippen LogP contribution is 2.33. The number of carbonyl (C=O) groups is 2. The first-order valence-electron chi connectivity index (χ1n) is 8.39. The normalized spacial score (nSPS) is 26.4. The number of rotatable bonds is 10. The molecule has 0 saturated heterocycles. The topological polar surface area (TPSA) is 94.8 Å². The fraction of sp³-hybridized carbons (Fsp3) is 0.667. The van der Waals surface area contributed by atoms with E-state index >= 15 is 0 Å². The first-order valence-corrected chi connectivity index (χ1v) is 8.39. The number of carboxylic acid groups (broad SMARTS) is 1. The molecule has 0 spiro atoms. The Kier molecular flexibility index (Phi) is 8.81. The summed E-state index contributed by atoms with van der Waals surface area (Å²) in [7, 11) is 0. The summed E-state index contributed by atoms with van der Waals surface area (Å²) in [6, 6.07) is 0. The van der Waals surface area contributed by atoms with Crippen LogP contribution in [0.25, 0.3) is 0 Å². The molecule has 0 bridgehead atoms. The van der Waals surface area contributed by atoms with Crippen molar-refractivity contribution < 1.29 is 24.9 Å². The van der Waals surface area contributed by atoms with Gasteiger partial charge >= 0.3 is 5.97 Å². The Balaban J connectivity index is 2.43. The van der Waals surface area contributed by atoms with Crippen LogP contribution < -0.4 is 0 Å². The van der Waals surface area contributed by atoms with Crippen molar-refractivity contribution in [1.82, 2.24) is 0 Å². The lowest BCUT2D eigenvalue weighted by atomic mass is 9.90. The Hall–Kier alpha value is -1.46. The van der Waals surface area contributed by atoms with Gasteiger partial charge in [-0.25, -0.2) is 0 Å². The second-order valence-corrected chi connectivity index (χ2v) is 6.13. The van der Waals surface area contributed by atoms with Crippen molar-refractivity contribution in [3.05, 3.63) is 24.3 Å². The number of ketones is 1. The number of aliphatic hydroxyl groups is 2. The van der Waals surface area contributed by atoms with Crippen LogP contribution in [0, 0.1) is 11.8 Å². The van der Waals surface area contributed by atoms with E-state index in [-0.39, 0.29) is 30.5 Å². The molecule has 0 heterocycles. The van der Waals surface area contributed by atoms with Gasteiger partial charge in [0.05, 0.1) is 12.2 Å². The van der Waals surface area contributed by atoms with Crippen LogP contribution in [-0.2, 0) is 9.59 Å². The third-order valence-electron chi connectivity index (χ3n) is 4.28. The molecule has 3 N–H and O–H groups in total. The maximum absolute atomic E-state index is 12.0. The van der Waals surface area contributed by atoms with Crippen LogP contribution in [0.2, 0.25) is 0 Å². The zero-order valence-electron chi connectivity index (χ0n) is 13.7. The maximum Gasteiger partial charge on any atom is 0.303 e. The SMILES string of the molecule is CC[C@H](O)/C=C/[C@H]1C(=O)C[C@@H](O)[C@H]1C/C=C\CCCCC(=O)O. The molecule has 0 unspecified atom stereocenters. The average Bonchev–Trinajstić information content (AvgIpc) is 2.77. The Morgan fingerprint density at radius 1 is 1.35 bits per heavy atom. The summed E-state index contributed by atoms with van der Waals surface area (Å²) in [4.78, 5) is 22.4. The predicted octanol–water partition coefficient (Wildman–Crippen LogP) is 2.47. The number of hydrogen-bond acceptors (Lipinski definition) is 4. The monoisotopic (exact) mass is 324 g/mol. The number of allylic oxidation sites excluding steroid dienone is 3. The van der Waals surface area contributed by atoms with E-state index in [1.165, 1.54) is 0 Å². The molecule has 23 heavy (non-hydrogen) atoms. The second-order valence-electron chi connectivity index (χ2n) is 6.13. The molecular weight excluding hydrogens is 296 g/mol. The quantitative estimate of drug-likeness (QED) is 0.424. The number of carbonyl (C=O) groups excluding carboxylic acids is 1. The zero-order chi connectivity index (χ0) is 17.2. The molecule has 0 radical (unpaired) electrons. The van der Waals surface area contributed by atoms with Gasteiger partial charge in [-0.15, -0.1) is 0 Å². The van der Waals surface area contributed by atoms with Crippen LogP contribution in [-0.4, -0.2) is 39.3 Å². The molecule has 4 atom stereocenters. The molecule has 1 aliphatic carbocycles. The van der Waals surface area contributed by atoms with E-state index in [2.05, 4.69) is 0 Å². The largest absolute Gasteiger partial charge is 0.481 e. The molecule has 5 heteroatoms. The zero-order valence-corrected chi connectivity index (χ0v) is 13.7. The van der Waals surface area contributed by atoms with Gasteiger partial charge in [0.1, 0.15) is 5.78 Å². The van der Waals surface area contributed by atoms with Crippen molar-refractivity contribution in [3.8, 4) is 0 Å². The lowest BCUT2D eigenvalue weighted by Gasteiger charge is -2.16. The summed E-state index contributed by atoms with van der Waals surface area (Å²) in [5.74, 6) is -1.22. The Morgan fingerprint density at radius 3 is 2.74 bits per heavy atom. The van der Waals surface area contributed by atoms with Gasteiger partial charge < -0.3 is 15.3 Å². The summed E-state index contributed by atoms with van der Waals surface area (Å²) in [6.07, 6.45) is 10.0. The molecule has 0 aliphatic heterocycles. The van der Waals surface area contributed by atoms with Crippen molar-refractivity contribution in [2.75, 3.05) is 0 Å². The molecule has 0 aromatic heterocycles. The van der Waals surface area contributed by atoms with Crippen molar-refractivity contribution in [1.29, 1.82) is 0 Å². The maximum atomic E-state index is 12.0. The third-order valence-corrected chi connectivity index (χ3v) is 4.28. The minimum atomic E-state index is -0.773. The Bertz CT molecular complexity index is 441. The van der Waals surface area contributed by atoms with Gasteiger partial charge in [-0.05, 0) is 32.1 Å². The minimum absolute atomic E-state index is 0.0249. The molecule has 130 valence electrons. The van der Waals surface area contributed by atoms with E-state index in [9.17, 15) is 19.8 Å². The highest BCUT2D eigenvalue weighted by atomic mass is 16.4. The molecule has 1 aliphatic rings. The molecule has 1 saturated carbocycles. The second kappa shape index (κ2) is 10.3. The van der Waals surface area contributed by atoms with Gasteiger partial charge in [0.2, 0.25) is 0 Å². The van der Waals surface area contributed by atoms with Crippen LogP contribution in [0.4, 0.5) is 0 Å². The van der Waals surface area contributed by atoms with Gasteiger partial charge in [-0.3, -0.25) is 9.59 Å². The van der Waals surface area contributed by atoms with Gasteiger partial charge in [0.15, 0.2) is 0 Å². The van der Waals surface area contributed by atoms with Crippen LogP contribution in [0.3, 0.4) is 0 Å². The van der Waals surface area contributed by atoms with E-state index in [1.807, 2.05) is 19.1 Å². The van der Waals surface area contributed by atoms with E-state index < -0.39 is 18.2 Å². The third kappa shape index (κ3) is 7.10. The van der Waals surface area contributed by atoms with Crippen molar-refractivity contribution in [3.63, 3.8) is 0 Å². The lowest BCUT2D eigenvalue weighted by Crippen LogP contribution is -2.19. The van der Waals surface area contributed by atoms with Crippen LogP contribution in [0.5, 0.6) is 0 Å². The fourth-order valence-corrected chi connectivity index (χ4v) is 2.82. The standard InChI is InChI=1S/C18H28O5/c1-2-13(19)10-11-15-14(16(20)12-17(15)21)8-6-4-3-5-7-9-18(22)23/h4,6,10-11,13-16,19-20H,2-3,5,7-9,12H2,1H3,(H,22,23)/b6-4-,11-10+/t13-,14-,15+,16+/m0/s1. The van der Waals surface area contributed by atoms with Crippen molar-refractivity contribution >= 4 is 11.8 Å². The predicted molar refractivity (Wildman–Crippen MR) is 87.9 cm³/mol. The number of hydrogen-bond donors (Lipinski definition) is 3. The number of aliphatic carboxylic acids is 1. The molecule has 0 aromatic carbocycles. The van der Waals surface area contributed by atoms with E-state index in [1.54, 1.807) is 12.2 Å². The van der Waals surface area contributed by atoms with Gasteiger partial charge in [0.25, 0.3) is 0 Å². The van der Waals surface area contributed by atoms with Gasteiger partial charge in [0, 0.05) is 24.7 Å². The highest BCUT2D eigenvalue weighted by molar-refractivity contribution is 5.86. The minimum Gasteiger partial charge on any atom is -0.481 e. The smallest absolute Gasteiger partial charge is 0.303 e. The molecular formula is C18H28O5. The van der Waals surface area contributed by atoms with Crippen LogP contribution >= 0.6 is 0 Å². The average molecular weight is 324 g/mol. The first-order chi connectivity index (χ1) is 11.0. The van der Waals surface area contributed by atoms with Gasteiger partial charge in [-0.1, -0.05) is 31.2 Å².